The molecule has 0 aliphatic heterocycles. The van der Waals surface area contributed by atoms with Crippen molar-refractivity contribution in [3.8, 4) is 33.5 Å². The van der Waals surface area contributed by atoms with Crippen LogP contribution in [-0.4, -0.2) is 24.9 Å². The Balaban J connectivity index is 0.955. The van der Waals surface area contributed by atoms with E-state index in [0.29, 0.717) is 0 Å². The highest BCUT2D eigenvalue weighted by Gasteiger charge is 2.17. The summed E-state index contributed by atoms with van der Waals surface area (Å²) in [5, 5.41) is 8.87. The fourth-order valence-corrected chi connectivity index (χ4v) is 8.50. The third-order valence-corrected chi connectivity index (χ3v) is 11.5. The number of aromatic nitrogens is 5. The van der Waals surface area contributed by atoms with Crippen molar-refractivity contribution >= 4 is 82.4 Å². The van der Waals surface area contributed by atoms with Crippen LogP contribution in [0.15, 0.2) is 199 Å². The molecule has 0 fully saturated rings. The second-order valence-corrected chi connectivity index (χ2v) is 15.1. The molecular formula is C53H32N6O. The average molecular weight is 769 g/mol. The Labute approximate surface area is 343 Å². The van der Waals surface area contributed by atoms with E-state index in [2.05, 4.69) is 146 Å². The van der Waals surface area contributed by atoms with Gasteiger partial charge in [0.25, 0.3) is 0 Å². The highest BCUT2D eigenvalue weighted by Crippen LogP contribution is 2.41. The molecule has 280 valence electrons. The minimum absolute atomic E-state index is 0.778. The van der Waals surface area contributed by atoms with E-state index >= 15 is 0 Å². The number of furan rings is 1. The lowest BCUT2D eigenvalue weighted by molar-refractivity contribution is 0.667. The second-order valence-electron chi connectivity index (χ2n) is 15.1. The van der Waals surface area contributed by atoms with Crippen LogP contribution in [0.2, 0.25) is 0 Å². The molecular weight excluding hydrogens is 737 g/mol. The molecule has 0 radical (unpaired) electrons. The fourth-order valence-electron chi connectivity index (χ4n) is 8.50. The maximum absolute atomic E-state index is 6.18. The van der Waals surface area contributed by atoms with E-state index in [1.165, 1.54) is 0 Å². The molecule has 0 aliphatic carbocycles. The first-order valence-electron chi connectivity index (χ1n) is 19.8. The van der Waals surface area contributed by atoms with Gasteiger partial charge in [-0.15, -0.1) is 0 Å². The van der Waals surface area contributed by atoms with Crippen LogP contribution in [-0.2, 0) is 0 Å². The Kier molecular flexibility index (Phi) is 7.71. The number of rotatable bonds is 6. The third kappa shape index (κ3) is 5.79. The number of pyridine rings is 3. The van der Waals surface area contributed by atoms with Crippen molar-refractivity contribution in [2.24, 2.45) is 0 Å². The summed E-state index contributed by atoms with van der Waals surface area (Å²) in [6, 6.07) is 53.8. The predicted octanol–water partition coefficient (Wildman–Crippen LogP) is 13.6. The van der Waals surface area contributed by atoms with Crippen LogP contribution >= 0.6 is 0 Å². The zero-order valence-electron chi connectivity index (χ0n) is 32.1. The highest BCUT2D eigenvalue weighted by molar-refractivity contribution is 6.12. The van der Waals surface area contributed by atoms with E-state index in [-0.39, 0.29) is 0 Å². The first-order valence-corrected chi connectivity index (χ1v) is 19.8. The molecule has 0 spiro atoms. The number of para-hydroxylation sites is 1. The normalized spacial score (nSPS) is 11.7. The Hall–Kier alpha value is -8.29. The van der Waals surface area contributed by atoms with Crippen molar-refractivity contribution in [2.75, 3.05) is 4.90 Å². The molecule has 0 atom stereocenters. The molecule has 0 saturated heterocycles. The molecule has 0 N–H and O–H groups in total. The van der Waals surface area contributed by atoms with Crippen molar-refractivity contribution in [1.29, 1.82) is 0 Å². The molecule has 12 rings (SSSR count). The van der Waals surface area contributed by atoms with Crippen LogP contribution < -0.4 is 4.90 Å². The van der Waals surface area contributed by atoms with Crippen LogP contribution in [0, 0.1) is 0 Å². The van der Waals surface area contributed by atoms with Crippen molar-refractivity contribution in [1.82, 2.24) is 24.9 Å². The first kappa shape index (κ1) is 33.8. The molecule has 7 aromatic carbocycles. The highest BCUT2D eigenvalue weighted by atomic mass is 16.3. The van der Waals surface area contributed by atoms with Crippen molar-refractivity contribution in [3.05, 3.63) is 195 Å². The summed E-state index contributed by atoms with van der Waals surface area (Å²) in [5.41, 5.74) is 12.9. The summed E-state index contributed by atoms with van der Waals surface area (Å²) < 4.78 is 6.18. The molecule has 0 unspecified atom stereocenters. The van der Waals surface area contributed by atoms with Gasteiger partial charge in [-0.1, -0.05) is 72.8 Å². The fraction of sp³-hybridized carbons (Fsp3) is 0. The molecule has 5 heterocycles. The quantitative estimate of drug-likeness (QED) is 0.167. The standard InChI is InChI=1S/C53H32N6O/c1-2-4-51-46(3-1)53-47(31-55-32-52(53)60-51)33-9-14-43(15-10-33)59(44-16-11-35-23-34(5-6-37(35)25-44)39-13-18-48-50(27-39)57-22-21-56-48)45-17-12-36-24-40(8-7-38(36)26-45)49-28-42-29-54-20-19-41(42)30-58-49/h1-32H. The minimum atomic E-state index is 0.778. The predicted molar refractivity (Wildman–Crippen MR) is 244 cm³/mol. The summed E-state index contributed by atoms with van der Waals surface area (Å²) in [6.45, 7) is 0. The van der Waals surface area contributed by atoms with Crippen LogP contribution in [0.4, 0.5) is 17.1 Å². The lowest BCUT2D eigenvalue weighted by Gasteiger charge is -2.26. The maximum Gasteiger partial charge on any atom is 0.154 e. The Morgan fingerprint density at radius 2 is 1.05 bits per heavy atom. The zero-order chi connectivity index (χ0) is 39.6. The number of hydrogen-bond donors (Lipinski definition) is 0. The van der Waals surface area contributed by atoms with Crippen molar-refractivity contribution < 1.29 is 4.42 Å². The summed E-state index contributed by atoms with van der Waals surface area (Å²) in [5.74, 6) is 0. The molecule has 12 aromatic rings. The lowest BCUT2D eigenvalue weighted by atomic mass is 9.99. The number of nitrogens with zero attached hydrogens (tertiary/aromatic N) is 6. The van der Waals surface area contributed by atoms with E-state index in [4.69, 9.17) is 9.40 Å². The van der Waals surface area contributed by atoms with E-state index in [9.17, 15) is 0 Å². The third-order valence-electron chi connectivity index (χ3n) is 11.5. The van der Waals surface area contributed by atoms with Crippen molar-refractivity contribution in [3.63, 3.8) is 0 Å². The van der Waals surface area contributed by atoms with Gasteiger partial charge in [-0.05, 0) is 117 Å². The van der Waals surface area contributed by atoms with Gasteiger partial charge >= 0.3 is 0 Å². The van der Waals surface area contributed by atoms with E-state index in [1.807, 2.05) is 48.9 Å². The molecule has 7 nitrogen and oxygen atoms in total. The lowest BCUT2D eigenvalue weighted by Crippen LogP contribution is -2.10. The van der Waals surface area contributed by atoms with Gasteiger partial charge < -0.3 is 9.32 Å². The summed E-state index contributed by atoms with van der Waals surface area (Å²) in [4.78, 5) is 25.0. The van der Waals surface area contributed by atoms with E-state index < -0.39 is 0 Å². The van der Waals surface area contributed by atoms with Gasteiger partial charge in [0.1, 0.15) is 5.58 Å². The number of anilines is 3. The SMILES string of the molecule is c1ccc2c(c1)oc1cncc(-c3ccc(N(c4ccc5cc(-c6ccc7nccnc7c6)ccc5c4)c4ccc5cc(-c6cc7cnccc7cn6)ccc5c4)cc3)c12. The van der Waals surface area contributed by atoms with Gasteiger partial charge in [-0.25, -0.2) is 0 Å². The number of benzene rings is 7. The van der Waals surface area contributed by atoms with Crippen LogP contribution in [0.1, 0.15) is 0 Å². The number of hydrogen-bond acceptors (Lipinski definition) is 7. The molecule has 7 heteroatoms. The molecule has 0 bridgehead atoms. The van der Waals surface area contributed by atoms with Crippen LogP contribution in [0.3, 0.4) is 0 Å². The largest absolute Gasteiger partial charge is 0.454 e. The summed E-state index contributed by atoms with van der Waals surface area (Å²) in [7, 11) is 0. The van der Waals surface area contributed by atoms with E-state index in [0.717, 1.165) is 116 Å². The Morgan fingerprint density at radius 3 is 1.88 bits per heavy atom. The van der Waals surface area contributed by atoms with Gasteiger partial charge in [-0.2, -0.15) is 0 Å². The van der Waals surface area contributed by atoms with Crippen LogP contribution in [0.5, 0.6) is 0 Å². The molecule has 0 amide bonds. The van der Waals surface area contributed by atoms with Crippen molar-refractivity contribution in [2.45, 2.75) is 0 Å². The average Bonchev–Trinajstić information content (AvgIpc) is 3.70. The van der Waals surface area contributed by atoms with Gasteiger partial charge in [-0.3, -0.25) is 24.9 Å². The molecule has 0 aliphatic rings. The molecule has 0 saturated carbocycles. The van der Waals surface area contributed by atoms with E-state index in [1.54, 1.807) is 24.8 Å². The number of fused-ring (bicyclic) bond motifs is 7. The minimum Gasteiger partial charge on any atom is -0.454 e. The monoisotopic (exact) mass is 768 g/mol. The summed E-state index contributed by atoms with van der Waals surface area (Å²) in [6.07, 6.45) is 12.8. The van der Waals surface area contributed by atoms with Gasteiger partial charge in [0.2, 0.25) is 0 Å². The molecule has 60 heavy (non-hydrogen) atoms. The van der Waals surface area contributed by atoms with Crippen LogP contribution in [0.25, 0.3) is 98.8 Å². The first-order chi connectivity index (χ1) is 29.7. The Morgan fingerprint density at radius 1 is 0.383 bits per heavy atom. The topological polar surface area (TPSA) is 80.8 Å². The van der Waals surface area contributed by atoms with Gasteiger partial charge in [0.15, 0.2) is 5.58 Å². The maximum atomic E-state index is 6.18. The van der Waals surface area contributed by atoms with Gasteiger partial charge in [0.05, 0.1) is 22.9 Å². The molecule has 5 aromatic heterocycles. The zero-order valence-corrected chi connectivity index (χ0v) is 32.1. The summed E-state index contributed by atoms with van der Waals surface area (Å²) >= 11 is 0. The van der Waals surface area contributed by atoms with Gasteiger partial charge in [0, 0.05) is 86.9 Å². The second kappa shape index (κ2) is 13.7. The smallest absolute Gasteiger partial charge is 0.154 e. The Bertz CT molecular complexity index is 3470.